The van der Waals surface area contributed by atoms with Gasteiger partial charge in [-0.1, -0.05) is 18.7 Å². The van der Waals surface area contributed by atoms with E-state index in [1.165, 1.54) is 17.6 Å². The highest BCUT2D eigenvalue weighted by molar-refractivity contribution is 5.94. The van der Waals surface area contributed by atoms with E-state index in [0.717, 1.165) is 5.56 Å². The Hall–Kier alpha value is -4.51. The van der Waals surface area contributed by atoms with Gasteiger partial charge in [0.1, 0.15) is 16.9 Å². The van der Waals surface area contributed by atoms with E-state index in [1.54, 1.807) is 42.0 Å². The van der Waals surface area contributed by atoms with E-state index in [1.807, 2.05) is 13.0 Å². The lowest BCUT2D eigenvalue weighted by Gasteiger charge is -2.15. The van der Waals surface area contributed by atoms with Gasteiger partial charge in [0.15, 0.2) is 17.0 Å². The van der Waals surface area contributed by atoms with E-state index < -0.39 is 11.9 Å². The fraction of sp³-hybridized carbons (Fsp3) is 0.296. The van der Waals surface area contributed by atoms with Crippen LogP contribution >= 0.6 is 0 Å². The number of nitrogens with zero attached hydrogens (tertiary/aromatic N) is 4. The van der Waals surface area contributed by atoms with E-state index in [4.69, 9.17) is 23.9 Å². The molecule has 1 fully saturated rings. The van der Waals surface area contributed by atoms with E-state index in [0.29, 0.717) is 17.2 Å². The number of fused-ring (bicyclic) bond motifs is 2. The number of ether oxygens (including phenoxy) is 4. The number of amides is 1. The van der Waals surface area contributed by atoms with Crippen LogP contribution in [0.15, 0.2) is 70.5 Å². The zero-order valence-electron chi connectivity index (χ0n) is 21.4. The van der Waals surface area contributed by atoms with Crippen molar-refractivity contribution in [3.05, 3.63) is 87.7 Å². The lowest BCUT2D eigenvalue weighted by Crippen LogP contribution is -2.33. The number of methoxy groups -OCH3 is 1. The number of aromatic nitrogens is 3. The maximum absolute atomic E-state index is 13.4. The van der Waals surface area contributed by atoms with E-state index in [9.17, 15) is 14.4 Å². The minimum Gasteiger partial charge on any atom is -0.462 e. The Morgan fingerprint density at radius 1 is 1.26 bits per heavy atom. The molecule has 0 atom stereocenters. The molecule has 4 heterocycles. The number of hydrogen-bond donors (Lipinski definition) is 0. The summed E-state index contributed by atoms with van der Waals surface area (Å²) in [7, 11) is 1.52. The average Bonchev–Trinajstić information content (AvgIpc) is 3.35. The summed E-state index contributed by atoms with van der Waals surface area (Å²) < 4.78 is 24.2. The number of aryl methyl sites for hydroxylation is 1. The number of allylic oxidation sites excluding steroid dienone is 2. The van der Waals surface area contributed by atoms with Crippen molar-refractivity contribution in [3.63, 3.8) is 0 Å². The number of rotatable bonds is 8. The van der Waals surface area contributed by atoms with Crippen LogP contribution in [0.4, 0.5) is 0 Å². The van der Waals surface area contributed by atoms with Gasteiger partial charge in [-0.05, 0) is 43.7 Å². The standard InChI is InChI=1S/C27H28N4O7/c1-5-8-20-21(38-16-37-20)10-11-22(32)28-25-19(27(34)36-6-2)15-18-24(30(25)13-14-35-4)29-23-17(3)9-7-12-31(23)26(18)33/h5,7-10,12,15H,1,6,11,13-14,16H2,2-4H3/b20-8+,21-10+,28-25?. The summed E-state index contributed by atoms with van der Waals surface area (Å²) in [6.45, 7) is 7.64. The topological polar surface area (TPSA) is 123 Å². The number of carbonyl (C=O) groups excluding carboxylic acids is 2. The SMILES string of the molecule is C=C/C=C1/OCO/C1=C/CC(=O)N=c1c(C(=O)OCC)cc2c(=O)n3cccc(C)c3nc2n1CCOC. The van der Waals surface area contributed by atoms with Crippen LogP contribution in [0.25, 0.3) is 16.7 Å². The second-order valence-electron chi connectivity index (χ2n) is 8.24. The molecule has 0 aromatic carbocycles. The molecule has 0 saturated carbocycles. The van der Waals surface area contributed by atoms with Crippen molar-refractivity contribution in [2.45, 2.75) is 26.8 Å². The van der Waals surface area contributed by atoms with Gasteiger partial charge in [-0.25, -0.2) is 9.78 Å². The Balaban J connectivity index is 1.96. The van der Waals surface area contributed by atoms with E-state index in [-0.39, 0.29) is 60.6 Å². The molecule has 0 bridgehead atoms. The molecular formula is C27H28N4O7. The predicted octanol–water partition coefficient (Wildman–Crippen LogP) is 2.56. The van der Waals surface area contributed by atoms with Crippen LogP contribution in [0, 0.1) is 6.92 Å². The fourth-order valence-corrected chi connectivity index (χ4v) is 4.00. The molecule has 3 aromatic heterocycles. The predicted molar refractivity (Wildman–Crippen MR) is 138 cm³/mol. The molecular weight excluding hydrogens is 492 g/mol. The Morgan fingerprint density at radius 2 is 2.05 bits per heavy atom. The van der Waals surface area contributed by atoms with Gasteiger partial charge >= 0.3 is 5.97 Å². The first-order valence-electron chi connectivity index (χ1n) is 12.0. The molecule has 0 spiro atoms. The first-order valence-corrected chi connectivity index (χ1v) is 12.0. The largest absolute Gasteiger partial charge is 0.462 e. The molecule has 0 N–H and O–H groups in total. The van der Waals surface area contributed by atoms with Gasteiger partial charge in [0, 0.05) is 19.9 Å². The van der Waals surface area contributed by atoms with E-state index >= 15 is 0 Å². The summed E-state index contributed by atoms with van der Waals surface area (Å²) >= 11 is 0. The quantitative estimate of drug-likeness (QED) is 0.328. The van der Waals surface area contributed by atoms with Crippen molar-refractivity contribution in [1.29, 1.82) is 0 Å². The van der Waals surface area contributed by atoms with E-state index in [2.05, 4.69) is 11.6 Å². The van der Waals surface area contributed by atoms with Crippen molar-refractivity contribution in [3.8, 4) is 0 Å². The third-order valence-corrected chi connectivity index (χ3v) is 5.75. The van der Waals surface area contributed by atoms with Crippen LogP contribution in [0.1, 0.15) is 29.3 Å². The molecule has 0 radical (unpaired) electrons. The molecule has 4 rings (SSSR count). The lowest BCUT2D eigenvalue weighted by atomic mass is 10.2. The number of carbonyl (C=O) groups is 2. The third-order valence-electron chi connectivity index (χ3n) is 5.75. The van der Waals surface area contributed by atoms with Crippen LogP contribution in [0.5, 0.6) is 0 Å². The number of hydrogen-bond acceptors (Lipinski definition) is 8. The van der Waals surface area contributed by atoms with Crippen molar-refractivity contribution in [2.24, 2.45) is 4.99 Å². The highest BCUT2D eigenvalue weighted by Crippen LogP contribution is 2.21. The molecule has 38 heavy (non-hydrogen) atoms. The van der Waals surface area contributed by atoms with Gasteiger partial charge in [0.05, 0.1) is 25.0 Å². The molecule has 1 aliphatic heterocycles. The Kier molecular flexibility index (Phi) is 8.17. The summed E-state index contributed by atoms with van der Waals surface area (Å²) in [4.78, 5) is 48.5. The van der Waals surface area contributed by atoms with Gasteiger partial charge in [0.2, 0.25) is 6.79 Å². The first-order chi connectivity index (χ1) is 18.4. The molecule has 3 aromatic rings. The van der Waals surface area contributed by atoms with Crippen LogP contribution < -0.4 is 11.0 Å². The number of pyridine rings is 2. The Bertz CT molecular complexity index is 1610. The molecule has 1 amide bonds. The monoisotopic (exact) mass is 520 g/mol. The fourth-order valence-electron chi connectivity index (χ4n) is 4.00. The molecule has 0 unspecified atom stereocenters. The summed E-state index contributed by atoms with van der Waals surface area (Å²) in [5.74, 6) is -0.437. The van der Waals surface area contributed by atoms with Gasteiger partial charge in [-0.3, -0.25) is 14.0 Å². The molecule has 1 aliphatic rings. The second kappa shape index (κ2) is 11.7. The van der Waals surface area contributed by atoms with Crippen LogP contribution in [-0.2, 0) is 30.3 Å². The van der Waals surface area contributed by atoms with Crippen molar-refractivity contribution >= 4 is 28.6 Å². The zero-order valence-corrected chi connectivity index (χ0v) is 21.4. The Morgan fingerprint density at radius 3 is 2.79 bits per heavy atom. The highest BCUT2D eigenvalue weighted by atomic mass is 16.7. The normalized spacial score (nSPS) is 15.7. The zero-order chi connectivity index (χ0) is 27.2. The Labute approximate surface area is 217 Å². The summed E-state index contributed by atoms with van der Waals surface area (Å²) in [6.07, 6.45) is 6.19. The summed E-state index contributed by atoms with van der Waals surface area (Å²) in [5.41, 5.74) is 1.11. The molecule has 198 valence electrons. The van der Waals surface area contributed by atoms with Crippen LogP contribution in [0.3, 0.4) is 0 Å². The summed E-state index contributed by atoms with van der Waals surface area (Å²) in [6, 6.07) is 4.96. The van der Waals surface area contributed by atoms with Gasteiger partial charge < -0.3 is 23.5 Å². The maximum Gasteiger partial charge on any atom is 0.341 e. The molecule has 1 saturated heterocycles. The van der Waals surface area contributed by atoms with Gasteiger partial charge in [0.25, 0.3) is 11.5 Å². The van der Waals surface area contributed by atoms with Crippen LogP contribution in [-0.4, -0.2) is 52.9 Å². The summed E-state index contributed by atoms with van der Waals surface area (Å²) in [5, 5.41) is 0.177. The third kappa shape index (κ3) is 5.28. The average molecular weight is 521 g/mol. The number of esters is 1. The lowest BCUT2D eigenvalue weighted by molar-refractivity contribution is -0.117. The smallest absolute Gasteiger partial charge is 0.341 e. The molecule has 11 nitrogen and oxygen atoms in total. The molecule has 0 aliphatic carbocycles. The van der Waals surface area contributed by atoms with Crippen molar-refractivity contribution in [2.75, 3.05) is 27.1 Å². The first kappa shape index (κ1) is 26.6. The van der Waals surface area contributed by atoms with Crippen molar-refractivity contribution in [1.82, 2.24) is 14.0 Å². The van der Waals surface area contributed by atoms with Gasteiger partial charge in [-0.15, -0.1) is 0 Å². The molecule has 11 heteroatoms. The highest BCUT2D eigenvalue weighted by Gasteiger charge is 2.21. The maximum atomic E-state index is 13.4. The minimum absolute atomic E-state index is 0.0201. The van der Waals surface area contributed by atoms with Gasteiger partial charge in [-0.2, -0.15) is 4.99 Å². The van der Waals surface area contributed by atoms with Crippen molar-refractivity contribution < 1.29 is 28.5 Å². The second-order valence-corrected chi connectivity index (χ2v) is 8.24. The van der Waals surface area contributed by atoms with Crippen LogP contribution in [0.2, 0.25) is 0 Å². The minimum atomic E-state index is -0.720.